The normalized spacial score (nSPS) is 11.3. The number of thioether (sulfide) groups is 1. The van der Waals surface area contributed by atoms with Gasteiger partial charge in [-0.2, -0.15) is 9.78 Å². The number of aromatic nitrogens is 4. The summed E-state index contributed by atoms with van der Waals surface area (Å²) in [4.78, 5) is 12.4. The number of tetrazole rings is 1. The lowest BCUT2D eigenvalue weighted by molar-refractivity contribution is -0.134. The average Bonchev–Trinajstić information content (AvgIpc) is 3.15. The van der Waals surface area contributed by atoms with E-state index in [0.717, 1.165) is 34.3 Å². The Kier molecular flexibility index (Phi) is 6.38. The highest BCUT2D eigenvalue weighted by Gasteiger charge is 2.20. The predicted molar refractivity (Wildman–Crippen MR) is 109 cm³/mol. The zero-order valence-corrected chi connectivity index (χ0v) is 16.6. The van der Waals surface area contributed by atoms with E-state index in [-0.39, 0.29) is 11.7 Å². The Balaban J connectivity index is 1.87. The molecule has 0 aliphatic carbocycles. The van der Waals surface area contributed by atoms with Crippen molar-refractivity contribution in [3.8, 4) is 5.69 Å². The minimum absolute atomic E-state index is 0.105. The van der Waals surface area contributed by atoms with Crippen molar-refractivity contribution in [2.24, 2.45) is 5.10 Å². The Labute approximate surface area is 167 Å². The highest BCUT2D eigenvalue weighted by atomic mass is 32.2. The highest BCUT2D eigenvalue weighted by Crippen LogP contribution is 2.22. The molecule has 8 nitrogen and oxygen atoms in total. The van der Waals surface area contributed by atoms with Crippen LogP contribution < -0.4 is 5.43 Å². The van der Waals surface area contributed by atoms with Crippen LogP contribution in [0.3, 0.4) is 0 Å². The second-order valence-electron chi connectivity index (χ2n) is 5.88. The summed E-state index contributed by atoms with van der Waals surface area (Å²) in [6, 6.07) is 15.4. The smallest absolute Gasteiger partial charge is 0.365 e. The van der Waals surface area contributed by atoms with Crippen LogP contribution in [0.15, 0.2) is 58.8 Å². The molecule has 0 aliphatic heterocycles. The second kappa shape index (κ2) is 9.14. The summed E-state index contributed by atoms with van der Waals surface area (Å²) >= 11 is 1.03. The third kappa shape index (κ3) is 4.74. The van der Waals surface area contributed by atoms with Crippen molar-refractivity contribution in [3.63, 3.8) is 0 Å². The largest absolute Gasteiger partial charge is 0.461 e. The number of benzene rings is 2. The molecule has 2 aromatic carbocycles. The lowest BCUT2D eigenvalue weighted by Gasteiger charge is -2.08. The zero-order valence-electron chi connectivity index (χ0n) is 15.8. The van der Waals surface area contributed by atoms with Crippen LogP contribution in [-0.2, 0) is 9.53 Å². The number of para-hydroxylation sites is 1. The molecule has 0 saturated carbocycles. The van der Waals surface area contributed by atoms with Gasteiger partial charge in [-0.15, -0.1) is 5.10 Å². The number of nitrogens with zero attached hydrogens (tertiary/aromatic N) is 5. The first kappa shape index (κ1) is 19.6. The van der Waals surface area contributed by atoms with E-state index in [0.29, 0.717) is 5.16 Å². The van der Waals surface area contributed by atoms with Crippen molar-refractivity contribution in [1.82, 2.24) is 20.2 Å². The molecule has 0 aliphatic rings. The Morgan fingerprint density at radius 3 is 2.64 bits per heavy atom. The molecule has 0 fully saturated rings. The molecule has 144 valence electrons. The van der Waals surface area contributed by atoms with Gasteiger partial charge in [-0.25, -0.2) is 4.79 Å². The van der Waals surface area contributed by atoms with Crippen molar-refractivity contribution < 1.29 is 9.53 Å². The number of hydrogen-bond acceptors (Lipinski definition) is 8. The summed E-state index contributed by atoms with van der Waals surface area (Å²) in [5.41, 5.74) is 6.63. The molecule has 1 N–H and O–H groups in total. The van der Waals surface area contributed by atoms with Gasteiger partial charge in [0.15, 0.2) is 0 Å². The fraction of sp³-hybridized carbons (Fsp3) is 0.211. The number of rotatable bonds is 5. The van der Waals surface area contributed by atoms with Gasteiger partial charge in [-0.05, 0) is 66.7 Å². The van der Waals surface area contributed by atoms with E-state index in [4.69, 9.17) is 4.74 Å². The number of ether oxygens (including phenoxy) is 1. The number of carbonyl (C=O) groups excluding carboxylic acids is 1. The first-order valence-corrected chi connectivity index (χ1v) is 9.50. The Morgan fingerprint density at radius 1 is 1.18 bits per heavy atom. The SMILES string of the molecule is CCOC(=O)/C(=N\Nc1ccccc1C)Sc1nnnn1-c1ccc(C)cc1. The lowest BCUT2D eigenvalue weighted by Crippen LogP contribution is -2.17. The number of carbonyl (C=O) groups is 1. The maximum Gasteiger partial charge on any atom is 0.365 e. The van der Waals surface area contributed by atoms with Crippen LogP contribution in [0, 0.1) is 13.8 Å². The molecule has 0 unspecified atom stereocenters. The van der Waals surface area contributed by atoms with Gasteiger partial charge in [0.05, 0.1) is 18.0 Å². The van der Waals surface area contributed by atoms with Crippen molar-refractivity contribution in [2.75, 3.05) is 12.0 Å². The van der Waals surface area contributed by atoms with E-state index in [1.54, 1.807) is 11.6 Å². The van der Waals surface area contributed by atoms with Crippen molar-refractivity contribution in [2.45, 2.75) is 25.9 Å². The van der Waals surface area contributed by atoms with E-state index in [2.05, 4.69) is 26.1 Å². The molecule has 0 atom stereocenters. The van der Waals surface area contributed by atoms with Gasteiger partial charge >= 0.3 is 5.97 Å². The van der Waals surface area contributed by atoms with E-state index in [9.17, 15) is 4.79 Å². The summed E-state index contributed by atoms with van der Waals surface area (Å²) in [7, 11) is 0. The zero-order chi connectivity index (χ0) is 19.9. The summed E-state index contributed by atoms with van der Waals surface area (Å²) < 4.78 is 6.67. The molecule has 0 bridgehead atoms. The van der Waals surface area contributed by atoms with Gasteiger partial charge in [0, 0.05) is 0 Å². The quantitative estimate of drug-likeness (QED) is 0.232. The molecule has 0 spiro atoms. The molecule has 1 heterocycles. The highest BCUT2D eigenvalue weighted by molar-refractivity contribution is 8.15. The monoisotopic (exact) mass is 396 g/mol. The molecule has 3 rings (SSSR count). The molecular weight excluding hydrogens is 376 g/mol. The van der Waals surface area contributed by atoms with Gasteiger partial charge in [0.1, 0.15) is 0 Å². The van der Waals surface area contributed by atoms with Crippen molar-refractivity contribution >= 4 is 28.5 Å². The van der Waals surface area contributed by atoms with Gasteiger partial charge in [-0.1, -0.05) is 35.9 Å². The van der Waals surface area contributed by atoms with Crippen LogP contribution in [0.2, 0.25) is 0 Å². The summed E-state index contributed by atoms with van der Waals surface area (Å²) in [5.74, 6) is -0.549. The molecule has 28 heavy (non-hydrogen) atoms. The number of anilines is 1. The number of hydrogen-bond donors (Lipinski definition) is 1. The Bertz CT molecular complexity index is 984. The fourth-order valence-electron chi connectivity index (χ4n) is 2.29. The van der Waals surface area contributed by atoms with Crippen LogP contribution in [0.25, 0.3) is 5.69 Å². The number of esters is 1. The molecule has 0 saturated heterocycles. The van der Waals surface area contributed by atoms with E-state index in [1.807, 2.05) is 62.4 Å². The third-order valence-corrected chi connectivity index (χ3v) is 4.67. The standard InChI is InChI=1S/C19H20N6O2S/c1-4-27-18(26)17(21-20-16-8-6-5-7-14(16)3)28-19-22-23-24-25(19)15-11-9-13(2)10-12-15/h5-12,20H,4H2,1-3H3/b21-17+. The Morgan fingerprint density at radius 2 is 1.93 bits per heavy atom. The van der Waals surface area contributed by atoms with Crippen LogP contribution in [0.1, 0.15) is 18.1 Å². The molecular formula is C19H20N6O2S. The fourth-order valence-corrected chi connectivity index (χ4v) is 3.00. The van der Waals surface area contributed by atoms with Crippen LogP contribution in [0.4, 0.5) is 5.69 Å². The van der Waals surface area contributed by atoms with E-state index < -0.39 is 5.97 Å². The minimum Gasteiger partial charge on any atom is -0.461 e. The molecule has 3 aromatic rings. The van der Waals surface area contributed by atoms with Crippen molar-refractivity contribution in [1.29, 1.82) is 0 Å². The topological polar surface area (TPSA) is 94.3 Å². The maximum absolute atomic E-state index is 12.4. The van der Waals surface area contributed by atoms with E-state index >= 15 is 0 Å². The number of aryl methyl sites for hydroxylation is 2. The first-order chi connectivity index (χ1) is 13.6. The van der Waals surface area contributed by atoms with E-state index in [1.165, 1.54) is 0 Å². The lowest BCUT2D eigenvalue weighted by atomic mass is 10.2. The van der Waals surface area contributed by atoms with Gasteiger partial charge in [-0.3, -0.25) is 5.43 Å². The van der Waals surface area contributed by atoms with Gasteiger partial charge < -0.3 is 4.74 Å². The van der Waals surface area contributed by atoms with Crippen LogP contribution in [-0.4, -0.2) is 37.8 Å². The molecule has 1 aromatic heterocycles. The maximum atomic E-state index is 12.4. The minimum atomic E-state index is -0.549. The number of hydrazone groups is 1. The average molecular weight is 396 g/mol. The summed E-state index contributed by atoms with van der Waals surface area (Å²) in [6.45, 7) is 5.94. The first-order valence-electron chi connectivity index (χ1n) is 8.68. The number of nitrogens with one attached hydrogen (secondary N) is 1. The molecule has 0 radical (unpaired) electrons. The van der Waals surface area contributed by atoms with Crippen LogP contribution >= 0.6 is 11.8 Å². The molecule has 0 amide bonds. The Hall–Kier alpha value is -3.20. The van der Waals surface area contributed by atoms with Gasteiger partial charge in [0.25, 0.3) is 0 Å². The van der Waals surface area contributed by atoms with Crippen LogP contribution in [0.5, 0.6) is 0 Å². The third-order valence-electron chi connectivity index (χ3n) is 3.78. The second-order valence-corrected chi connectivity index (χ2v) is 6.83. The summed E-state index contributed by atoms with van der Waals surface area (Å²) in [5, 5.41) is 16.5. The predicted octanol–water partition coefficient (Wildman–Crippen LogP) is 3.36. The van der Waals surface area contributed by atoms with Crippen molar-refractivity contribution in [3.05, 3.63) is 59.7 Å². The summed E-state index contributed by atoms with van der Waals surface area (Å²) in [6.07, 6.45) is 0. The molecule has 9 heteroatoms. The van der Waals surface area contributed by atoms with Gasteiger partial charge in [0.2, 0.25) is 10.2 Å².